The summed E-state index contributed by atoms with van der Waals surface area (Å²) in [6.07, 6.45) is 0.733. The molecule has 2 aromatic carbocycles. The molecule has 0 radical (unpaired) electrons. The van der Waals surface area contributed by atoms with Crippen LogP contribution in [0.5, 0.6) is 0 Å². The molecule has 1 aromatic heterocycles. The number of nitrogens with zero attached hydrogens (tertiary/aromatic N) is 3. The molecule has 1 amide bonds. The van der Waals surface area contributed by atoms with Crippen LogP contribution in [0.3, 0.4) is 0 Å². The fourth-order valence-corrected chi connectivity index (χ4v) is 4.12. The number of aromatic nitrogens is 1. The van der Waals surface area contributed by atoms with Crippen molar-refractivity contribution in [2.45, 2.75) is 20.3 Å². The minimum Gasteiger partial charge on any atom is -0.309 e. The lowest BCUT2D eigenvalue weighted by Gasteiger charge is -2.22. The number of halogens is 3. The third-order valence-corrected chi connectivity index (χ3v) is 5.50. The smallest absolute Gasteiger partial charge is 0.260 e. The summed E-state index contributed by atoms with van der Waals surface area (Å²) >= 11 is 1.12. The van der Waals surface area contributed by atoms with Crippen LogP contribution in [0.15, 0.2) is 30.3 Å². The molecule has 0 saturated heterocycles. The van der Waals surface area contributed by atoms with E-state index in [-0.39, 0.29) is 23.8 Å². The number of hydrogen-bond acceptors (Lipinski definition) is 4. The van der Waals surface area contributed by atoms with Gasteiger partial charge in [0.25, 0.3) is 5.91 Å². The lowest BCUT2D eigenvalue weighted by Crippen LogP contribution is -2.33. The average molecular weight is 440 g/mol. The Balaban J connectivity index is 0.00000300. The largest absolute Gasteiger partial charge is 0.309 e. The second-order valence-corrected chi connectivity index (χ2v) is 8.17. The van der Waals surface area contributed by atoms with Gasteiger partial charge in [0.15, 0.2) is 10.9 Å². The molecule has 1 heterocycles. The summed E-state index contributed by atoms with van der Waals surface area (Å²) in [6, 6.07) is 7.72. The maximum Gasteiger partial charge on any atom is 0.260 e. The van der Waals surface area contributed by atoms with Crippen LogP contribution in [0.2, 0.25) is 0 Å². The molecule has 0 unspecified atom stereocenters. The number of thiazole rings is 1. The van der Waals surface area contributed by atoms with Crippen LogP contribution in [0.1, 0.15) is 27.9 Å². The zero-order valence-electron chi connectivity index (χ0n) is 16.8. The van der Waals surface area contributed by atoms with E-state index in [1.54, 1.807) is 11.0 Å². The van der Waals surface area contributed by atoms with Gasteiger partial charge in [-0.05, 0) is 58.6 Å². The molecule has 156 valence electrons. The van der Waals surface area contributed by atoms with Gasteiger partial charge in [-0.2, -0.15) is 0 Å². The summed E-state index contributed by atoms with van der Waals surface area (Å²) in [6.45, 7) is 5.10. The predicted octanol–water partition coefficient (Wildman–Crippen LogP) is 5.21. The Labute approximate surface area is 179 Å². The van der Waals surface area contributed by atoms with Crippen molar-refractivity contribution >= 4 is 45.0 Å². The average Bonchev–Trinajstić information content (AvgIpc) is 3.02. The maximum absolute atomic E-state index is 14.1. The Morgan fingerprint density at radius 3 is 2.48 bits per heavy atom. The summed E-state index contributed by atoms with van der Waals surface area (Å²) in [5, 5.41) is 0.378. The minimum atomic E-state index is -0.718. The number of carbonyl (C=O) groups is 1. The maximum atomic E-state index is 14.1. The van der Waals surface area contributed by atoms with E-state index < -0.39 is 11.6 Å². The van der Waals surface area contributed by atoms with Crippen molar-refractivity contribution in [3.63, 3.8) is 0 Å². The van der Waals surface area contributed by atoms with Gasteiger partial charge in [-0.3, -0.25) is 9.69 Å². The van der Waals surface area contributed by atoms with Gasteiger partial charge in [0.2, 0.25) is 0 Å². The highest BCUT2D eigenvalue weighted by atomic mass is 35.5. The first-order chi connectivity index (χ1) is 13.3. The summed E-state index contributed by atoms with van der Waals surface area (Å²) in [5.74, 6) is -1.55. The highest BCUT2D eigenvalue weighted by molar-refractivity contribution is 7.22. The van der Waals surface area contributed by atoms with Crippen LogP contribution in [0, 0.1) is 25.5 Å². The Hall–Kier alpha value is -2.09. The van der Waals surface area contributed by atoms with E-state index in [2.05, 4.69) is 4.98 Å². The van der Waals surface area contributed by atoms with Crippen molar-refractivity contribution in [3.8, 4) is 0 Å². The van der Waals surface area contributed by atoms with Crippen LogP contribution in [-0.4, -0.2) is 43.0 Å². The van der Waals surface area contributed by atoms with Crippen LogP contribution >= 0.6 is 23.7 Å². The number of aryl methyl sites for hydroxylation is 2. The summed E-state index contributed by atoms with van der Waals surface area (Å²) < 4.78 is 28.1. The minimum absolute atomic E-state index is 0. The molecule has 29 heavy (non-hydrogen) atoms. The number of benzene rings is 2. The first-order valence-corrected chi connectivity index (χ1v) is 9.87. The third kappa shape index (κ3) is 5.29. The molecule has 3 rings (SSSR count). The summed E-state index contributed by atoms with van der Waals surface area (Å²) in [7, 11) is 3.93. The van der Waals surface area contributed by atoms with Gasteiger partial charge in [-0.1, -0.05) is 29.0 Å². The van der Waals surface area contributed by atoms with E-state index >= 15 is 0 Å². The molecule has 0 bridgehead atoms. The van der Waals surface area contributed by atoms with Crippen LogP contribution < -0.4 is 4.90 Å². The molecule has 0 saturated carbocycles. The van der Waals surface area contributed by atoms with Gasteiger partial charge in [-0.15, -0.1) is 12.4 Å². The van der Waals surface area contributed by atoms with Crippen molar-refractivity contribution in [2.75, 3.05) is 32.1 Å². The number of carbonyl (C=O) groups excluding carboxylic acids is 1. The quantitative estimate of drug-likeness (QED) is 0.529. The number of amides is 1. The topological polar surface area (TPSA) is 36.4 Å². The van der Waals surface area contributed by atoms with E-state index in [1.807, 2.05) is 45.0 Å². The van der Waals surface area contributed by atoms with Crippen LogP contribution in [-0.2, 0) is 0 Å². The normalized spacial score (nSPS) is 11.0. The number of fused-ring (bicyclic) bond motifs is 1. The van der Waals surface area contributed by atoms with Crippen LogP contribution in [0.4, 0.5) is 13.9 Å². The Kier molecular flexibility index (Phi) is 7.68. The zero-order valence-corrected chi connectivity index (χ0v) is 18.5. The first-order valence-electron chi connectivity index (χ1n) is 9.05. The number of anilines is 1. The summed E-state index contributed by atoms with van der Waals surface area (Å²) in [5.41, 5.74) is 2.63. The molecule has 0 N–H and O–H groups in total. The predicted molar refractivity (Wildman–Crippen MR) is 118 cm³/mol. The monoisotopic (exact) mass is 439 g/mol. The number of hydrogen-bond donors (Lipinski definition) is 0. The molecule has 4 nitrogen and oxygen atoms in total. The van der Waals surface area contributed by atoms with E-state index in [9.17, 15) is 13.6 Å². The molecule has 0 atom stereocenters. The zero-order chi connectivity index (χ0) is 20.4. The van der Waals surface area contributed by atoms with Crippen molar-refractivity contribution in [3.05, 3.63) is 58.7 Å². The van der Waals surface area contributed by atoms with Crippen molar-refractivity contribution in [1.82, 2.24) is 9.88 Å². The second kappa shape index (κ2) is 9.61. The van der Waals surface area contributed by atoms with Gasteiger partial charge in [0.05, 0.1) is 4.70 Å². The summed E-state index contributed by atoms with van der Waals surface area (Å²) in [4.78, 5) is 21.2. The van der Waals surface area contributed by atoms with E-state index in [4.69, 9.17) is 0 Å². The molecule has 3 aromatic rings. The Morgan fingerprint density at radius 2 is 1.83 bits per heavy atom. The van der Waals surface area contributed by atoms with Gasteiger partial charge in [0.1, 0.15) is 11.3 Å². The molecule has 8 heteroatoms. The second-order valence-electron chi connectivity index (χ2n) is 7.16. The molecular formula is C21H24ClF2N3OS. The SMILES string of the molecule is Cc1ccc(C(=O)N(CCCN(C)C)c2nc3c(F)cc(F)cc3s2)c(C)c1.Cl. The van der Waals surface area contributed by atoms with Gasteiger partial charge < -0.3 is 4.90 Å². The fourth-order valence-electron chi connectivity index (χ4n) is 3.09. The van der Waals surface area contributed by atoms with E-state index in [0.717, 1.165) is 41.5 Å². The fraction of sp³-hybridized carbons (Fsp3) is 0.333. The van der Waals surface area contributed by atoms with Gasteiger partial charge >= 0.3 is 0 Å². The van der Waals surface area contributed by atoms with Gasteiger partial charge in [-0.25, -0.2) is 13.8 Å². The number of rotatable bonds is 6. The molecule has 0 aliphatic heterocycles. The molecular weight excluding hydrogens is 416 g/mol. The van der Waals surface area contributed by atoms with Gasteiger partial charge in [0, 0.05) is 18.2 Å². The van der Waals surface area contributed by atoms with Crippen LogP contribution in [0.25, 0.3) is 10.2 Å². The standard InChI is InChI=1S/C21H23F2N3OS.ClH/c1-13-6-7-16(14(2)10-13)20(27)26(9-5-8-25(3)4)21-24-19-17(23)11-15(22)12-18(19)28-21;/h6-7,10-12H,5,8-9H2,1-4H3;1H. The van der Waals surface area contributed by atoms with E-state index in [1.165, 1.54) is 6.07 Å². The first kappa shape index (κ1) is 23.2. The molecule has 0 fully saturated rings. The Bertz CT molecular complexity index is 1020. The highest BCUT2D eigenvalue weighted by Gasteiger charge is 2.23. The lowest BCUT2D eigenvalue weighted by atomic mass is 10.0. The molecule has 0 aliphatic rings. The molecule has 0 aliphatic carbocycles. The van der Waals surface area contributed by atoms with Crippen molar-refractivity contribution in [1.29, 1.82) is 0 Å². The molecule has 0 spiro atoms. The third-order valence-electron chi connectivity index (χ3n) is 4.48. The van der Waals surface area contributed by atoms with Crippen molar-refractivity contribution in [2.24, 2.45) is 0 Å². The Morgan fingerprint density at radius 1 is 1.10 bits per heavy atom. The lowest BCUT2D eigenvalue weighted by molar-refractivity contribution is 0.0985. The van der Waals surface area contributed by atoms with Crippen molar-refractivity contribution < 1.29 is 13.6 Å². The van der Waals surface area contributed by atoms with E-state index in [0.29, 0.717) is 21.9 Å². The highest BCUT2D eigenvalue weighted by Crippen LogP contribution is 2.32.